The zero-order valence-corrected chi connectivity index (χ0v) is 20.7. The molecule has 2 aromatic heterocycles. The minimum Gasteiger partial charge on any atom is -0.497 e. The summed E-state index contributed by atoms with van der Waals surface area (Å²) in [6, 6.07) is 11.5. The predicted molar refractivity (Wildman–Crippen MR) is 136 cm³/mol. The summed E-state index contributed by atoms with van der Waals surface area (Å²) in [4.78, 5) is 11.4. The molecule has 0 radical (unpaired) electrons. The summed E-state index contributed by atoms with van der Waals surface area (Å²) in [5, 5.41) is 4.26. The predicted octanol–water partition coefficient (Wildman–Crippen LogP) is 2.65. The number of fused-ring (bicyclic) bond motifs is 1. The van der Waals surface area contributed by atoms with E-state index in [0.29, 0.717) is 35.8 Å². The molecule has 0 spiro atoms. The van der Waals surface area contributed by atoms with Crippen LogP contribution in [0.25, 0.3) is 22.3 Å². The number of aryl methyl sites for hydroxylation is 1. The van der Waals surface area contributed by atoms with Crippen LogP contribution in [0.15, 0.2) is 55.0 Å². The first-order chi connectivity index (χ1) is 16.8. The maximum absolute atomic E-state index is 11.4. The summed E-state index contributed by atoms with van der Waals surface area (Å²) >= 11 is 0. The molecule has 0 aliphatic heterocycles. The summed E-state index contributed by atoms with van der Waals surface area (Å²) in [5.41, 5.74) is 10.6. The summed E-state index contributed by atoms with van der Waals surface area (Å²) in [6.45, 7) is 1.29. The summed E-state index contributed by atoms with van der Waals surface area (Å²) in [5.74, 6) is 1.38. The van der Waals surface area contributed by atoms with Gasteiger partial charge in [0.25, 0.3) is 0 Å². The quantitative estimate of drug-likeness (QED) is 0.353. The molecule has 2 heterocycles. The van der Waals surface area contributed by atoms with Crippen molar-refractivity contribution in [1.29, 1.82) is 0 Å². The van der Waals surface area contributed by atoms with Gasteiger partial charge in [0.15, 0.2) is 0 Å². The number of sulfone groups is 1. The maximum Gasteiger partial charge on any atom is 0.149 e. The molecule has 0 saturated heterocycles. The van der Waals surface area contributed by atoms with Crippen LogP contribution in [0, 0.1) is 0 Å². The standard InChI is InChI=1S/C24H28N6O4S/c1-33-20-10-19(11-21(13-20)34-2)30(7-6-25)18-4-5-22-23(12-18)28-24(15-26-22)17-14-27-29(16-17)8-9-35(3,31)32/h4-5,10-16H,6-9,25H2,1-3H3. The van der Waals surface area contributed by atoms with Gasteiger partial charge in [-0.2, -0.15) is 5.10 Å². The van der Waals surface area contributed by atoms with Crippen molar-refractivity contribution in [2.24, 2.45) is 5.73 Å². The first-order valence-electron chi connectivity index (χ1n) is 11.0. The second kappa shape index (κ2) is 10.3. The monoisotopic (exact) mass is 496 g/mol. The molecule has 4 rings (SSSR count). The van der Waals surface area contributed by atoms with Crippen LogP contribution in [-0.4, -0.2) is 67.5 Å². The van der Waals surface area contributed by atoms with E-state index < -0.39 is 9.84 Å². The molecular formula is C24H28N6O4S. The van der Waals surface area contributed by atoms with Gasteiger partial charge in [-0.05, 0) is 18.2 Å². The number of nitrogens with two attached hydrogens (primary N) is 1. The van der Waals surface area contributed by atoms with Gasteiger partial charge in [0.2, 0.25) is 0 Å². The number of hydrogen-bond donors (Lipinski definition) is 1. The van der Waals surface area contributed by atoms with E-state index in [-0.39, 0.29) is 12.3 Å². The van der Waals surface area contributed by atoms with Crippen molar-refractivity contribution in [1.82, 2.24) is 19.7 Å². The number of methoxy groups -OCH3 is 2. The van der Waals surface area contributed by atoms with Gasteiger partial charge in [-0.1, -0.05) is 0 Å². The Labute approximate surface area is 204 Å². The fourth-order valence-electron chi connectivity index (χ4n) is 3.67. The Hall–Kier alpha value is -3.70. The molecule has 0 unspecified atom stereocenters. The summed E-state index contributed by atoms with van der Waals surface area (Å²) in [7, 11) is 0.152. The Bertz CT molecular complexity index is 1410. The molecule has 4 aromatic rings. The molecule has 2 N–H and O–H groups in total. The number of benzene rings is 2. The summed E-state index contributed by atoms with van der Waals surface area (Å²) < 4.78 is 35.4. The lowest BCUT2D eigenvalue weighted by Crippen LogP contribution is -2.24. The molecule has 0 aliphatic carbocycles. The highest BCUT2D eigenvalue weighted by Crippen LogP contribution is 2.33. The van der Waals surface area contributed by atoms with Crippen LogP contribution in [0.2, 0.25) is 0 Å². The molecule has 0 amide bonds. The Balaban J connectivity index is 1.68. The molecule has 11 heteroatoms. The average molecular weight is 497 g/mol. The Morgan fingerprint density at radius 2 is 1.74 bits per heavy atom. The second-order valence-corrected chi connectivity index (χ2v) is 10.3. The Morgan fingerprint density at radius 3 is 2.40 bits per heavy atom. The normalized spacial score (nSPS) is 11.5. The number of nitrogens with zero attached hydrogens (tertiary/aromatic N) is 5. The fourth-order valence-corrected chi connectivity index (χ4v) is 4.19. The lowest BCUT2D eigenvalue weighted by Gasteiger charge is -2.25. The van der Waals surface area contributed by atoms with E-state index in [0.717, 1.165) is 22.5 Å². The van der Waals surface area contributed by atoms with Gasteiger partial charge in [0, 0.05) is 60.7 Å². The largest absolute Gasteiger partial charge is 0.497 e. The third kappa shape index (κ3) is 5.87. The van der Waals surface area contributed by atoms with E-state index >= 15 is 0 Å². The van der Waals surface area contributed by atoms with E-state index in [2.05, 4.69) is 15.0 Å². The molecule has 10 nitrogen and oxygen atoms in total. The lowest BCUT2D eigenvalue weighted by molar-refractivity contribution is 0.394. The van der Waals surface area contributed by atoms with Crippen LogP contribution in [0.4, 0.5) is 11.4 Å². The van der Waals surface area contributed by atoms with Crippen molar-refractivity contribution in [2.75, 3.05) is 44.2 Å². The van der Waals surface area contributed by atoms with Crippen molar-refractivity contribution in [3.63, 3.8) is 0 Å². The fraction of sp³-hybridized carbons (Fsp3) is 0.292. The smallest absolute Gasteiger partial charge is 0.149 e. The second-order valence-electron chi connectivity index (χ2n) is 8.06. The van der Waals surface area contributed by atoms with E-state index in [1.807, 2.05) is 36.4 Å². The number of rotatable bonds is 10. The van der Waals surface area contributed by atoms with Crippen molar-refractivity contribution >= 4 is 32.2 Å². The van der Waals surface area contributed by atoms with E-state index in [1.54, 1.807) is 37.5 Å². The van der Waals surface area contributed by atoms with Gasteiger partial charge >= 0.3 is 0 Å². The molecule has 0 saturated carbocycles. The van der Waals surface area contributed by atoms with Crippen LogP contribution in [0.1, 0.15) is 0 Å². The van der Waals surface area contributed by atoms with Crippen molar-refractivity contribution in [3.05, 3.63) is 55.0 Å². The Morgan fingerprint density at radius 1 is 1.00 bits per heavy atom. The number of anilines is 2. The topological polar surface area (TPSA) is 125 Å². The van der Waals surface area contributed by atoms with Crippen LogP contribution < -0.4 is 20.1 Å². The molecule has 35 heavy (non-hydrogen) atoms. The van der Waals surface area contributed by atoms with E-state index in [1.165, 1.54) is 6.26 Å². The number of ether oxygens (including phenoxy) is 2. The van der Waals surface area contributed by atoms with Gasteiger partial charge < -0.3 is 20.1 Å². The van der Waals surface area contributed by atoms with Crippen molar-refractivity contribution < 1.29 is 17.9 Å². The molecule has 184 valence electrons. The molecule has 0 bridgehead atoms. The van der Waals surface area contributed by atoms with E-state index in [4.69, 9.17) is 20.2 Å². The Kier molecular flexibility index (Phi) is 7.17. The molecule has 2 aromatic carbocycles. The molecule has 0 fully saturated rings. The zero-order chi connectivity index (χ0) is 25.0. The van der Waals surface area contributed by atoms with Crippen molar-refractivity contribution in [2.45, 2.75) is 6.54 Å². The van der Waals surface area contributed by atoms with Gasteiger partial charge in [-0.15, -0.1) is 0 Å². The zero-order valence-electron chi connectivity index (χ0n) is 19.9. The minimum atomic E-state index is -3.07. The molecular weight excluding hydrogens is 468 g/mol. The van der Waals surface area contributed by atoms with Crippen LogP contribution in [0.3, 0.4) is 0 Å². The SMILES string of the molecule is COc1cc(OC)cc(N(CCN)c2ccc3ncc(-c4cnn(CCS(C)(=O)=O)c4)nc3c2)c1. The van der Waals surface area contributed by atoms with Crippen LogP contribution >= 0.6 is 0 Å². The van der Waals surface area contributed by atoms with E-state index in [9.17, 15) is 8.42 Å². The molecule has 0 aliphatic rings. The van der Waals surface area contributed by atoms with Crippen LogP contribution in [0.5, 0.6) is 11.5 Å². The maximum atomic E-state index is 11.4. The first-order valence-corrected chi connectivity index (χ1v) is 13.0. The minimum absolute atomic E-state index is 0.0207. The molecule has 0 atom stereocenters. The third-order valence-electron chi connectivity index (χ3n) is 5.46. The van der Waals surface area contributed by atoms with Gasteiger partial charge in [0.05, 0.1) is 55.6 Å². The number of aromatic nitrogens is 4. The highest BCUT2D eigenvalue weighted by molar-refractivity contribution is 7.90. The lowest BCUT2D eigenvalue weighted by atomic mass is 10.2. The first kappa shape index (κ1) is 24.4. The summed E-state index contributed by atoms with van der Waals surface area (Å²) in [6.07, 6.45) is 6.32. The van der Waals surface area contributed by atoms with Crippen LogP contribution in [-0.2, 0) is 16.4 Å². The van der Waals surface area contributed by atoms with Gasteiger partial charge in [-0.25, -0.2) is 13.4 Å². The third-order valence-corrected chi connectivity index (χ3v) is 6.38. The van der Waals surface area contributed by atoms with Crippen molar-refractivity contribution in [3.8, 4) is 22.8 Å². The highest BCUT2D eigenvalue weighted by atomic mass is 32.2. The van der Waals surface area contributed by atoms with Gasteiger partial charge in [0.1, 0.15) is 21.3 Å². The van der Waals surface area contributed by atoms with Gasteiger partial charge in [-0.3, -0.25) is 9.67 Å². The average Bonchev–Trinajstić information content (AvgIpc) is 3.34. The number of hydrogen-bond acceptors (Lipinski definition) is 9. The highest BCUT2D eigenvalue weighted by Gasteiger charge is 2.14.